The largest absolute Gasteiger partial charge is 0.417 e. The van der Waals surface area contributed by atoms with E-state index in [1.807, 2.05) is 6.92 Å². The lowest BCUT2D eigenvalue weighted by atomic mass is 10.3. The Morgan fingerprint density at radius 1 is 1.39 bits per heavy atom. The van der Waals surface area contributed by atoms with Crippen molar-refractivity contribution in [2.45, 2.75) is 26.1 Å². The van der Waals surface area contributed by atoms with Gasteiger partial charge in [-0.25, -0.2) is 0 Å². The lowest BCUT2D eigenvalue weighted by Gasteiger charge is -2.10. The maximum atomic E-state index is 12.4. The lowest BCUT2D eigenvalue weighted by Crippen LogP contribution is -2.32. The fraction of sp³-hybridized carbons (Fsp3) is 0.455. The summed E-state index contributed by atoms with van der Waals surface area (Å²) in [6.45, 7) is 1.85. The van der Waals surface area contributed by atoms with Crippen molar-refractivity contribution in [3.63, 3.8) is 0 Å². The van der Waals surface area contributed by atoms with Gasteiger partial charge in [0.05, 0.1) is 5.56 Å². The first-order chi connectivity index (χ1) is 8.34. The SMILES string of the molecule is CCCNC(=O)Cn1cc(C(F)(F)F)ccc1=O. The number of pyridine rings is 1. The zero-order valence-corrected chi connectivity index (χ0v) is 9.75. The van der Waals surface area contributed by atoms with Crippen LogP contribution in [0.25, 0.3) is 0 Å². The van der Waals surface area contributed by atoms with E-state index in [-0.39, 0.29) is 0 Å². The first kappa shape index (κ1) is 14.3. The van der Waals surface area contributed by atoms with Gasteiger partial charge in [0, 0.05) is 18.8 Å². The molecule has 0 atom stereocenters. The van der Waals surface area contributed by atoms with Crippen molar-refractivity contribution in [2.24, 2.45) is 0 Å². The Morgan fingerprint density at radius 3 is 2.61 bits per heavy atom. The molecule has 100 valence electrons. The number of nitrogens with one attached hydrogen (secondary N) is 1. The van der Waals surface area contributed by atoms with Crippen LogP contribution < -0.4 is 10.9 Å². The molecule has 0 spiro atoms. The summed E-state index contributed by atoms with van der Waals surface area (Å²) in [5.74, 6) is -0.488. The van der Waals surface area contributed by atoms with E-state index in [9.17, 15) is 22.8 Å². The second-order valence-corrected chi connectivity index (χ2v) is 3.73. The fourth-order valence-electron chi connectivity index (χ4n) is 1.30. The van der Waals surface area contributed by atoms with Crippen molar-refractivity contribution < 1.29 is 18.0 Å². The van der Waals surface area contributed by atoms with Gasteiger partial charge < -0.3 is 9.88 Å². The summed E-state index contributed by atoms with van der Waals surface area (Å²) >= 11 is 0. The average Bonchev–Trinajstić information content (AvgIpc) is 2.28. The van der Waals surface area contributed by atoms with Gasteiger partial charge in [0.1, 0.15) is 6.54 Å². The first-order valence-electron chi connectivity index (χ1n) is 5.39. The number of aromatic nitrogens is 1. The van der Waals surface area contributed by atoms with Crippen molar-refractivity contribution in [1.82, 2.24) is 9.88 Å². The molecule has 7 heteroatoms. The molecule has 1 N–H and O–H groups in total. The van der Waals surface area contributed by atoms with Gasteiger partial charge in [0.25, 0.3) is 5.56 Å². The molecule has 0 saturated carbocycles. The first-order valence-corrected chi connectivity index (χ1v) is 5.39. The Morgan fingerprint density at radius 2 is 2.06 bits per heavy atom. The summed E-state index contributed by atoms with van der Waals surface area (Å²) in [5.41, 5.74) is -1.60. The van der Waals surface area contributed by atoms with Crippen LogP contribution in [0, 0.1) is 0 Å². The Balaban J connectivity index is 2.88. The predicted molar refractivity (Wildman–Crippen MR) is 59.0 cm³/mol. The van der Waals surface area contributed by atoms with E-state index in [2.05, 4.69) is 5.32 Å². The third-order valence-electron chi connectivity index (χ3n) is 2.20. The number of carbonyl (C=O) groups excluding carboxylic acids is 1. The van der Waals surface area contributed by atoms with Gasteiger partial charge in [-0.2, -0.15) is 13.2 Å². The van der Waals surface area contributed by atoms with E-state index in [1.54, 1.807) is 0 Å². The topological polar surface area (TPSA) is 51.1 Å². The van der Waals surface area contributed by atoms with Crippen LogP contribution in [0.1, 0.15) is 18.9 Å². The normalized spacial score (nSPS) is 11.3. The number of hydrogen-bond acceptors (Lipinski definition) is 2. The van der Waals surface area contributed by atoms with Crippen LogP contribution >= 0.6 is 0 Å². The van der Waals surface area contributed by atoms with E-state index in [1.165, 1.54) is 0 Å². The van der Waals surface area contributed by atoms with Crippen LogP contribution in [0.15, 0.2) is 23.1 Å². The molecule has 0 aliphatic heterocycles. The van der Waals surface area contributed by atoms with Crippen molar-refractivity contribution in [3.8, 4) is 0 Å². The molecule has 0 bridgehead atoms. The summed E-state index contributed by atoms with van der Waals surface area (Å²) in [6.07, 6.45) is -3.17. The molecule has 0 fully saturated rings. The molecule has 1 aromatic rings. The molecule has 0 aliphatic carbocycles. The maximum absolute atomic E-state index is 12.4. The third-order valence-corrected chi connectivity index (χ3v) is 2.20. The fourth-order valence-corrected chi connectivity index (χ4v) is 1.30. The minimum absolute atomic E-state index is 0.414. The van der Waals surface area contributed by atoms with Crippen LogP contribution in [0.2, 0.25) is 0 Å². The molecule has 1 aromatic heterocycles. The quantitative estimate of drug-likeness (QED) is 0.891. The van der Waals surface area contributed by atoms with Gasteiger partial charge in [0.15, 0.2) is 0 Å². The molecule has 1 heterocycles. The zero-order valence-electron chi connectivity index (χ0n) is 9.75. The number of alkyl halides is 3. The van der Waals surface area contributed by atoms with Gasteiger partial charge in [-0.15, -0.1) is 0 Å². The molecular formula is C11H13F3N2O2. The van der Waals surface area contributed by atoms with E-state index < -0.39 is 29.8 Å². The summed E-state index contributed by atoms with van der Waals surface area (Å²) < 4.78 is 38.0. The van der Waals surface area contributed by atoms with E-state index in [0.717, 1.165) is 10.6 Å². The highest BCUT2D eigenvalue weighted by Gasteiger charge is 2.31. The number of hydrogen-bond donors (Lipinski definition) is 1. The molecule has 4 nitrogen and oxygen atoms in total. The third kappa shape index (κ3) is 3.90. The minimum Gasteiger partial charge on any atom is -0.355 e. The van der Waals surface area contributed by atoms with Crippen molar-refractivity contribution in [1.29, 1.82) is 0 Å². The number of carbonyl (C=O) groups is 1. The van der Waals surface area contributed by atoms with Gasteiger partial charge in [-0.3, -0.25) is 9.59 Å². The Bertz CT molecular complexity index is 480. The Hall–Kier alpha value is -1.79. The molecule has 0 saturated heterocycles. The molecule has 0 aromatic carbocycles. The monoisotopic (exact) mass is 262 g/mol. The van der Waals surface area contributed by atoms with E-state index in [4.69, 9.17) is 0 Å². The Kier molecular flexibility index (Phi) is 4.52. The number of amides is 1. The van der Waals surface area contributed by atoms with E-state index >= 15 is 0 Å². The van der Waals surface area contributed by atoms with Gasteiger partial charge in [0.2, 0.25) is 5.91 Å². The van der Waals surface area contributed by atoms with Gasteiger partial charge in [-0.05, 0) is 12.5 Å². The van der Waals surface area contributed by atoms with Gasteiger partial charge in [-0.1, -0.05) is 6.92 Å². The zero-order chi connectivity index (χ0) is 13.8. The standard InChI is InChI=1S/C11H13F3N2O2/c1-2-5-15-9(17)7-16-6-8(11(12,13)14)3-4-10(16)18/h3-4,6H,2,5,7H2,1H3,(H,15,17). The highest BCUT2D eigenvalue weighted by atomic mass is 19.4. The average molecular weight is 262 g/mol. The molecule has 0 aliphatic rings. The summed E-state index contributed by atoms with van der Waals surface area (Å²) in [6, 6.07) is 1.50. The molecular weight excluding hydrogens is 249 g/mol. The molecule has 1 rings (SSSR count). The number of halogens is 3. The highest BCUT2D eigenvalue weighted by Crippen LogP contribution is 2.27. The molecule has 0 unspecified atom stereocenters. The smallest absolute Gasteiger partial charge is 0.355 e. The molecule has 18 heavy (non-hydrogen) atoms. The van der Waals surface area contributed by atoms with Crippen molar-refractivity contribution >= 4 is 5.91 Å². The van der Waals surface area contributed by atoms with E-state index in [0.29, 0.717) is 25.2 Å². The van der Waals surface area contributed by atoms with Gasteiger partial charge >= 0.3 is 6.18 Å². The maximum Gasteiger partial charge on any atom is 0.417 e. The van der Waals surface area contributed by atoms with Crippen molar-refractivity contribution in [3.05, 3.63) is 34.2 Å². The number of rotatable bonds is 4. The Labute approximate surface area is 101 Å². The molecule has 1 amide bonds. The molecule has 0 radical (unpaired) electrons. The predicted octanol–water partition coefficient (Wildman–Crippen LogP) is 1.39. The lowest BCUT2D eigenvalue weighted by molar-refractivity contribution is -0.138. The van der Waals surface area contributed by atoms with Crippen LogP contribution in [0.5, 0.6) is 0 Å². The second kappa shape index (κ2) is 5.70. The summed E-state index contributed by atoms with van der Waals surface area (Å²) in [4.78, 5) is 22.7. The number of nitrogens with zero attached hydrogens (tertiary/aromatic N) is 1. The summed E-state index contributed by atoms with van der Waals surface area (Å²) in [5, 5.41) is 2.49. The minimum atomic E-state index is -4.53. The van der Waals surface area contributed by atoms with Crippen LogP contribution in [-0.4, -0.2) is 17.0 Å². The highest BCUT2D eigenvalue weighted by molar-refractivity contribution is 5.75. The van der Waals surface area contributed by atoms with Crippen molar-refractivity contribution in [2.75, 3.05) is 6.54 Å². The van der Waals surface area contributed by atoms with Crippen LogP contribution in [-0.2, 0) is 17.5 Å². The van der Waals surface area contributed by atoms with Crippen LogP contribution in [0.4, 0.5) is 13.2 Å². The summed E-state index contributed by atoms with van der Waals surface area (Å²) in [7, 11) is 0. The van der Waals surface area contributed by atoms with Crippen LogP contribution in [0.3, 0.4) is 0 Å². The second-order valence-electron chi connectivity index (χ2n) is 3.73.